The minimum absolute atomic E-state index is 0.338. The van der Waals surface area contributed by atoms with Crippen LogP contribution in [0.1, 0.15) is 9.67 Å². The smallest absolute Gasteiger partial charge is 0.161 e. The number of carbonyl (C=O) groups excluding carboxylic acids is 1. The van der Waals surface area contributed by atoms with Crippen molar-refractivity contribution >= 4 is 33.6 Å². The Labute approximate surface area is 97.9 Å². The van der Waals surface area contributed by atoms with E-state index in [4.69, 9.17) is 0 Å². The van der Waals surface area contributed by atoms with E-state index in [1.807, 2.05) is 0 Å². The summed E-state index contributed by atoms with van der Waals surface area (Å²) in [7, 11) is 0. The van der Waals surface area contributed by atoms with Crippen molar-refractivity contribution in [2.24, 2.45) is 0 Å². The van der Waals surface area contributed by atoms with Crippen LogP contribution in [0.2, 0.25) is 0 Å². The number of hydrogen-bond donors (Lipinski definition) is 0. The molecule has 0 aliphatic rings. The number of aldehydes is 1. The SMILES string of the molecule is O=Cc1cnc(-c2ccc(Br)c(F)c2)s1. The predicted octanol–water partition coefficient (Wildman–Crippen LogP) is 3.52. The summed E-state index contributed by atoms with van der Waals surface area (Å²) < 4.78 is 13.6. The molecule has 0 radical (unpaired) electrons. The van der Waals surface area contributed by atoms with Crippen molar-refractivity contribution in [2.45, 2.75) is 0 Å². The molecule has 1 aromatic heterocycles. The molecule has 0 bridgehead atoms. The van der Waals surface area contributed by atoms with Gasteiger partial charge in [-0.3, -0.25) is 4.79 Å². The van der Waals surface area contributed by atoms with Gasteiger partial charge < -0.3 is 0 Å². The Morgan fingerprint density at radius 3 is 2.87 bits per heavy atom. The molecule has 0 fully saturated rings. The number of halogens is 2. The molecule has 0 unspecified atom stereocenters. The number of nitrogens with zero attached hydrogens (tertiary/aromatic N) is 1. The molecule has 5 heteroatoms. The minimum Gasteiger partial charge on any atom is -0.297 e. The number of rotatable bonds is 2. The second kappa shape index (κ2) is 4.20. The lowest BCUT2D eigenvalue weighted by atomic mass is 10.2. The molecule has 0 atom stereocenters. The maximum atomic E-state index is 13.2. The monoisotopic (exact) mass is 285 g/mol. The third-order valence-electron chi connectivity index (χ3n) is 1.81. The van der Waals surface area contributed by atoms with E-state index in [0.29, 0.717) is 19.9 Å². The molecule has 0 saturated heterocycles. The summed E-state index contributed by atoms with van der Waals surface area (Å²) in [4.78, 5) is 15.0. The average Bonchev–Trinajstić information content (AvgIpc) is 2.70. The van der Waals surface area contributed by atoms with E-state index in [1.54, 1.807) is 12.1 Å². The molecule has 76 valence electrons. The molecule has 15 heavy (non-hydrogen) atoms. The third kappa shape index (κ3) is 2.13. The van der Waals surface area contributed by atoms with E-state index in [2.05, 4.69) is 20.9 Å². The summed E-state index contributed by atoms with van der Waals surface area (Å²) in [6.45, 7) is 0. The molecule has 0 aliphatic heterocycles. The number of benzene rings is 1. The zero-order valence-electron chi connectivity index (χ0n) is 7.41. The zero-order chi connectivity index (χ0) is 10.8. The average molecular weight is 286 g/mol. The Kier molecular flexibility index (Phi) is 2.93. The van der Waals surface area contributed by atoms with E-state index in [-0.39, 0.29) is 5.82 Å². The van der Waals surface area contributed by atoms with Crippen LogP contribution in [0.15, 0.2) is 28.9 Å². The standard InChI is InChI=1S/C10H5BrFNOS/c11-8-2-1-6(3-9(8)12)10-13-4-7(5-14)15-10/h1-5H. The Hall–Kier alpha value is -1.07. The van der Waals surface area contributed by atoms with Crippen molar-refractivity contribution < 1.29 is 9.18 Å². The van der Waals surface area contributed by atoms with Gasteiger partial charge in [0.25, 0.3) is 0 Å². The highest BCUT2D eigenvalue weighted by Crippen LogP contribution is 2.27. The third-order valence-corrected chi connectivity index (χ3v) is 3.42. The van der Waals surface area contributed by atoms with Crippen LogP contribution in [0.4, 0.5) is 4.39 Å². The van der Waals surface area contributed by atoms with Crippen LogP contribution >= 0.6 is 27.3 Å². The number of hydrogen-bond acceptors (Lipinski definition) is 3. The zero-order valence-corrected chi connectivity index (χ0v) is 9.81. The second-order valence-corrected chi connectivity index (χ2v) is 4.73. The van der Waals surface area contributed by atoms with Crippen LogP contribution in [0.5, 0.6) is 0 Å². The van der Waals surface area contributed by atoms with Gasteiger partial charge in [-0.15, -0.1) is 11.3 Å². The lowest BCUT2D eigenvalue weighted by molar-refractivity contribution is 0.112. The van der Waals surface area contributed by atoms with Gasteiger partial charge in [0.2, 0.25) is 0 Å². The molecular formula is C10H5BrFNOS. The van der Waals surface area contributed by atoms with E-state index in [0.717, 1.165) is 6.29 Å². The molecule has 0 N–H and O–H groups in total. The minimum atomic E-state index is -0.338. The fourth-order valence-corrected chi connectivity index (χ4v) is 2.08. The van der Waals surface area contributed by atoms with Crippen molar-refractivity contribution in [1.29, 1.82) is 0 Å². The maximum absolute atomic E-state index is 13.2. The van der Waals surface area contributed by atoms with Crippen LogP contribution in [0.3, 0.4) is 0 Å². The second-order valence-electron chi connectivity index (χ2n) is 2.81. The molecular weight excluding hydrogens is 281 g/mol. The van der Waals surface area contributed by atoms with Crippen molar-refractivity contribution in [1.82, 2.24) is 4.98 Å². The van der Waals surface area contributed by atoms with Gasteiger partial charge in [0.05, 0.1) is 9.35 Å². The Morgan fingerprint density at radius 2 is 2.27 bits per heavy atom. The molecule has 0 aliphatic carbocycles. The molecule has 2 aromatic rings. The first-order valence-corrected chi connectivity index (χ1v) is 5.68. The summed E-state index contributed by atoms with van der Waals surface area (Å²) in [6.07, 6.45) is 2.21. The van der Waals surface area contributed by atoms with E-state index >= 15 is 0 Å². The molecule has 1 heterocycles. The first-order chi connectivity index (χ1) is 7.20. The largest absolute Gasteiger partial charge is 0.297 e. The van der Waals surface area contributed by atoms with Crippen LogP contribution in [-0.4, -0.2) is 11.3 Å². The van der Waals surface area contributed by atoms with E-state index in [9.17, 15) is 9.18 Å². The summed E-state index contributed by atoms with van der Waals surface area (Å²) in [5.74, 6) is -0.338. The van der Waals surface area contributed by atoms with Crippen LogP contribution in [-0.2, 0) is 0 Å². The number of thiazole rings is 1. The molecule has 2 rings (SSSR count). The fraction of sp³-hybridized carbons (Fsp3) is 0. The first-order valence-electron chi connectivity index (χ1n) is 4.07. The quantitative estimate of drug-likeness (QED) is 0.790. The molecule has 0 spiro atoms. The highest BCUT2D eigenvalue weighted by Gasteiger charge is 2.06. The lowest BCUT2D eigenvalue weighted by Gasteiger charge is -1.97. The highest BCUT2D eigenvalue weighted by atomic mass is 79.9. The van der Waals surface area contributed by atoms with Gasteiger partial charge in [-0.25, -0.2) is 9.37 Å². The topological polar surface area (TPSA) is 30.0 Å². The van der Waals surface area contributed by atoms with Gasteiger partial charge in [0.15, 0.2) is 6.29 Å². The molecule has 0 saturated carbocycles. The predicted molar refractivity (Wildman–Crippen MR) is 60.6 cm³/mol. The number of aromatic nitrogens is 1. The van der Waals surface area contributed by atoms with Crippen molar-refractivity contribution in [2.75, 3.05) is 0 Å². The summed E-state index contributed by atoms with van der Waals surface area (Å²) in [6, 6.07) is 4.75. The van der Waals surface area contributed by atoms with Gasteiger partial charge in [0.1, 0.15) is 10.8 Å². The Morgan fingerprint density at radius 1 is 1.47 bits per heavy atom. The van der Waals surface area contributed by atoms with Gasteiger partial charge in [-0.1, -0.05) is 6.07 Å². The Bertz CT molecular complexity index is 512. The van der Waals surface area contributed by atoms with E-state index < -0.39 is 0 Å². The summed E-state index contributed by atoms with van der Waals surface area (Å²) in [5.41, 5.74) is 0.675. The molecule has 2 nitrogen and oxygen atoms in total. The van der Waals surface area contributed by atoms with Gasteiger partial charge >= 0.3 is 0 Å². The van der Waals surface area contributed by atoms with Crippen LogP contribution in [0.25, 0.3) is 10.6 Å². The maximum Gasteiger partial charge on any atom is 0.161 e. The fourth-order valence-electron chi connectivity index (χ4n) is 1.10. The van der Waals surface area contributed by atoms with Gasteiger partial charge in [-0.2, -0.15) is 0 Å². The Balaban J connectivity index is 2.44. The highest BCUT2D eigenvalue weighted by molar-refractivity contribution is 9.10. The normalized spacial score (nSPS) is 10.3. The van der Waals surface area contributed by atoms with Crippen LogP contribution < -0.4 is 0 Å². The first kappa shape index (κ1) is 10.4. The molecule has 1 aromatic carbocycles. The van der Waals surface area contributed by atoms with Crippen molar-refractivity contribution in [3.05, 3.63) is 39.6 Å². The summed E-state index contributed by atoms with van der Waals surface area (Å²) in [5, 5.41) is 0.642. The lowest BCUT2D eigenvalue weighted by Crippen LogP contribution is -1.80. The van der Waals surface area contributed by atoms with Gasteiger partial charge in [0, 0.05) is 11.8 Å². The number of carbonyl (C=O) groups is 1. The van der Waals surface area contributed by atoms with Crippen molar-refractivity contribution in [3.63, 3.8) is 0 Å². The van der Waals surface area contributed by atoms with Crippen LogP contribution in [0, 0.1) is 5.82 Å². The van der Waals surface area contributed by atoms with E-state index in [1.165, 1.54) is 23.6 Å². The molecule has 0 amide bonds. The van der Waals surface area contributed by atoms with Gasteiger partial charge in [-0.05, 0) is 28.1 Å². The van der Waals surface area contributed by atoms with Crippen molar-refractivity contribution in [3.8, 4) is 10.6 Å². The summed E-state index contributed by atoms with van der Waals surface area (Å²) >= 11 is 4.31.